The van der Waals surface area contributed by atoms with Crippen LogP contribution in [0.2, 0.25) is 0 Å². The van der Waals surface area contributed by atoms with E-state index < -0.39 is 6.61 Å². The van der Waals surface area contributed by atoms with Crippen LogP contribution in [0.1, 0.15) is 23.7 Å². The minimum Gasteiger partial charge on any atom is -0.493 e. The van der Waals surface area contributed by atoms with Crippen LogP contribution in [0.15, 0.2) is 47.6 Å². The van der Waals surface area contributed by atoms with Crippen molar-refractivity contribution in [3.8, 4) is 11.5 Å². The first-order valence-electron chi connectivity index (χ1n) is 8.32. The number of hydrogen-bond acceptors (Lipinski definition) is 5. The number of halogens is 2. The molecule has 1 aliphatic heterocycles. The second-order valence-electron chi connectivity index (χ2n) is 5.95. The Morgan fingerprint density at radius 1 is 1.19 bits per heavy atom. The molecule has 2 aromatic carbocycles. The molecule has 0 unspecified atom stereocenters. The molecule has 0 radical (unpaired) electrons. The average molecular weight is 375 g/mol. The van der Waals surface area contributed by atoms with Gasteiger partial charge in [-0.05, 0) is 43.3 Å². The lowest BCUT2D eigenvalue weighted by molar-refractivity contribution is -0.0511. The third-order valence-corrected chi connectivity index (χ3v) is 4.04. The van der Waals surface area contributed by atoms with Crippen molar-refractivity contribution in [1.29, 1.82) is 0 Å². The quantitative estimate of drug-likeness (QED) is 0.824. The van der Waals surface area contributed by atoms with E-state index in [9.17, 15) is 13.6 Å². The molecule has 142 valence electrons. The Hall–Kier alpha value is -3.16. The Labute approximate surface area is 155 Å². The Kier molecular flexibility index (Phi) is 5.54. The van der Waals surface area contributed by atoms with Crippen molar-refractivity contribution < 1.29 is 23.0 Å². The molecule has 0 saturated carbocycles. The SMILES string of the molecule is COc1ccc(NC(=O)c2ccc(N3CCC(C)=N3)cc2)cc1OC(F)F. The van der Waals surface area contributed by atoms with E-state index in [4.69, 9.17) is 4.74 Å². The van der Waals surface area contributed by atoms with Gasteiger partial charge in [-0.1, -0.05) is 0 Å². The molecule has 0 fully saturated rings. The van der Waals surface area contributed by atoms with Gasteiger partial charge in [-0.2, -0.15) is 13.9 Å². The highest BCUT2D eigenvalue weighted by atomic mass is 19.3. The van der Waals surface area contributed by atoms with E-state index in [1.54, 1.807) is 18.2 Å². The molecule has 0 bridgehead atoms. The Morgan fingerprint density at radius 2 is 1.93 bits per heavy atom. The number of nitrogens with zero attached hydrogens (tertiary/aromatic N) is 2. The second kappa shape index (κ2) is 8.03. The topological polar surface area (TPSA) is 63.2 Å². The Morgan fingerprint density at radius 3 is 2.52 bits per heavy atom. The van der Waals surface area contributed by atoms with Gasteiger partial charge >= 0.3 is 6.61 Å². The monoisotopic (exact) mass is 375 g/mol. The maximum Gasteiger partial charge on any atom is 0.387 e. The van der Waals surface area contributed by atoms with Crippen LogP contribution in [0.25, 0.3) is 0 Å². The molecule has 6 nitrogen and oxygen atoms in total. The standard InChI is InChI=1S/C19H19F2N3O3/c1-12-9-10-24(23-12)15-6-3-13(4-7-15)18(25)22-14-5-8-16(26-2)17(11-14)27-19(20)21/h3-8,11,19H,9-10H2,1-2H3,(H,22,25). The predicted octanol–water partition coefficient (Wildman–Crippen LogP) is 4.13. The summed E-state index contributed by atoms with van der Waals surface area (Å²) in [5, 5.41) is 8.96. The summed E-state index contributed by atoms with van der Waals surface area (Å²) in [7, 11) is 1.35. The van der Waals surface area contributed by atoms with Crippen molar-refractivity contribution >= 4 is 23.0 Å². The lowest BCUT2D eigenvalue weighted by Crippen LogP contribution is -2.14. The van der Waals surface area contributed by atoms with Gasteiger partial charge in [0.25, 0.3) is 5.91 Å². The highest BCUT2D eigenvalue weighted by Crippen LogP contribution is 2.31. The van der Waals surface area contributed by atoms with Crippen LogP contribution in [-0.4, -0.2) is 31.9 Å². The maximum absolute atomic E-state index is 12.5. The summed E-state index contributed by atoms with van der Waals surface area (Å²) in [4.78, 5) is 12.4. The minimum atomic E-state index is -2.99. The molecule has 0 aromatic heterocycles. The van der Waals surface area contributed by atoms with Gasteiger partial charge < -0.3 is 14.8 Å². The van der Waals surface area contributed by atoms with E-state index >= 15 is 0 Å². The molecular formula is C19H19F2N3O3. The van der Waals surface area contributed by atoms with E-state index in [1.807, 2.05) is 24.1 Å². The molecule has 3 rings (SSSR count). The van der Waals surface area contributed by atoms with Crippen LogP contribution in [0, 0.1) is 0 Å². The minimum absolute atomic E-state index is 0.150. The van der Waals surface area contributed by atoms with Gasteiger partial charge in [0.1, 0.15) is 0 Å². The summed E-state index contributed by atoms with van der Waals surface area (Å²) in [5.41, 5.74) is 2.73. The molecular weight excluding hydrogens is 356 g/mol. The van der Waals surface area contributed by atoms with Gasteiger partial charge in [-0.3, -0.25) is 9.80 Å². The van der Waals surface area contributed by atoms with Gasteiger partial charge in [-0.25, -0.2) is 0 Å². The van der Waals surface area contributed by atoms with Crippen molar-refractivity contribution in [2.75, 3.05) is 24.0 Å². The fourth-order valence-corrected chi connectivity index (χ4v) is 2.69. The first kappa shape index (κ1) is 18.6. The summed E-state index contributed by atoms with van der Waals surface area (Å²) in [5.74, 6) is -0.363. The van der Waals surface area contributed by atoms with Crippen LogP contribution in [0.4, 0.5) is 20.2 Å². The van der Waals surface area contributed by atoms with Crippen LogP contribution in [-0.2, 0) is 0 Å². The zero-order valence-corrected chi connectivity index (χ0v) is 14.9. The van der Waals surface area contributed by atoms with Gasteiger partial charge in [0.2, 0.25) is 0 Å². The smallest absolute Gasteiger partial charge is 0.387 e. The molecule has 1 heterocycles. The molecule has 0 spiro atoms. The third-order valence-electron chi connectivity index (χ3n) is 4.04. The van der Waals surface area contributed by atoms with Gasteiger partial charge in [0.15, 0.2) is 11.5 Å². The lowest BCUT2D eigenvalue weighted by atomic mass is 10.1. The number of ether oxygens (including phenoxy) is 2. The van der Waals surface area contributed by atoms with Gasteiger partial charge in [0.05, 0.1) is 12.8 Å². The number of rotatable bonds is 6. The molecule has 2 aromatic rings. The number of hydrazone groups is 1. The lowest BCUT2D eigenvalue weighted by Gasteiger charge is -2.14. The first-order valence-corrected chi connectivity index (χ1v) is 8.32. The zero-order valence-electron chi connectivity index (χ0n) is 14.9. The van der Waals surface area contributed by atoms with Crippen molar-refractivity contribution in [3.05, 3.63) is 48.0 Å². The summed E-state index contributed by atoms with van der Waals surface area (Å²) in [6.45, 7) is -0.201. The number of hydrogen-bond donors (Lipinski definition) is 1. The Balaban J connectivity index is 1.71. The maximum atomic E-state index is 12.5. The molecule has 0 saturated heterocycles. The third kappa shape index (κ3) is 4.52. The van der Waals surface area contributed by atoms with E-state index in [0.29, 0.717) is 11.3 Å². The van der Waals surface area contributed by atoms with Crippen LogP contribution < -0.4 is 19.8 Å². The molecule has 0 atom stereocenters. The highest BCUT2D eigenvalue weighted by molar-refractivity contribution is 6.04. The summed E-state index contributed by atoms with van der Waals surface area (Å²) in [6.07, 6.45) is 0.919. The second-order valence-corrected chi connectivity index (χ2v) is 5.95. The van der Waals surface area contributed by atoms with Crippen molar-refractivity contribution in [2.24, 2.45) is 5.10 Å². The molecule has 27 heavy (non-hydrogen) atoms. The van der Waals surface area contributed by atoms with Crippen molar-refractivity contribution in [2.45, 2.75) is 20.0 Å². The van der Waals surface area contributed by atoms with E-state index in [-0.39, 0.29) is 17.4 Å². The molecule has 8 heteroatoms. The molecule has 1 N–H and O–H groups in total. The summed E-state index contributed by atoms with van der Waals surface area (Å²) >= 11 is 0. The van der Waals surface area contributed by atoms with Crippen LogP contribution in [0.5, 0.6) is 11.5 Å². The normalized spacial score (nSPS) is 13.5. The molecule has 1 aliphatic rings. The number of methoxy groups -OCH3 is 1. The molecule has 1 amide bonds. The molecule has 0 aliphatic carbocycles. The predicted molar refractivity (Wildman–Crippen MR) is 99.1 cm³/mol. The number of carbonyl (C=O) groups excluding carboxylic acids is 1. The summed E-state index contributed by atoms with van der Waals surface area (Å²) < 4.78 is 34.4. The van der Waals surface area contributed by atoms with Crippen LogP contribution in [0.3, 0.4) is 0 Å². The fraction of sp³-hybridized carbons (Fsp3) is 0.263. The average Bonchev–Trinajstić information content (AvgIpc) is 3.08. The van der Waals surface area contributed by atoms with Gasteiger partial charge in [0, 0.05) is 36.0 Å². The largest absolute Gasteiger partial charge is 0.493 e. The number of carbonyl (C=O) groups is 1. The zero-order chi connectivity index (χ0) is 19.4. The van der Waals surface area contributed by atoms with Crippen molar-refractivity contribution in [1.82, 2.24) is 0 Å². The number of alkyl halides is 2. The summed E-state index contributed by atoms with van der Waals surface area (Å²) in [6, 6.07) is 11.3. The number of amides is 1. The Bertz CT molecular complexity index is 854. The van der Waals surface area contributed by atoms with E-state index in [2.05, 4.69) is 15.2 Å². The van der Waals surface area contributed by atoms with E-state index in [1.165, 1.54) is 19.2 Å². The van der Waals surface area contributed by atoms with Crippen LogP contribution >= 0.6 is 0 Å². The van der Waals surface area contributed by atoms with Gasteiger partial charge in [-0.15, -0.1) is 0 Å². The highest BCUT2D eigenvalue weighted by Gasteiger charge is 2.15. The fourth-order valence-electron chi connectivity index (χ4n) is 2.69. The number of benzene rings is 2. The number of anilines is 2. The number of nitrogens with one attached hydrogen (secondary N) is 1. The van der Waals surface area contributed by atoms with Crippen molar-refractivity contribution in [3.63, 3.8) is 0 Å². The van der Waals surface area contributed by atoms with E-state index in [0.717, 1.165) is 24.4 Å². The first-order chi connectivity index (χ1) is 13.0.